The maximum atomic E-state index is 12.2. The van der Waals surface area contributed by atoms with Crippen LogP contribution < -0.4 is 10.1 Å². The molecule has 0 aliphatic carbocycles. The molecule has 0 radical (unpaired) electrons. The van der Waals surface area contributed by atoms with Gasteiger partial charge in [0.2, 0.25) is 0 Å². The van der Waals surface area contributed by atoms with Gasteiger partial charge in [0, 0.05) is 12.1 Å². The number of nitrogens with one attached hydrogen (secondary N) is 1. The highest BCUT2D eigenvalue weighted by molar-refractivity contribution is 6.29. The second-order valence-corrected chi connectivity index (χ2v) is 6.14. The molecular formula is C21H19ClN2O2. The normalized spacial score (nSPS) is 10.3. The summed E-state index contributed by atoms with van der Waals surface area (Å²) in [4.78, 5) is 16.4. The molecule has 0 spiro atoms. The number of rotatable bonds is 7. The van der Waals surface area contributed by atoms with Crippen molar-refractivity contribution in [1.29, 1.82) is 0 Å². The van der Waals surface area contributed by atoms with E-state index in [0.717, 1.165) is 12.1 Å². The second kappa shape index (κ2) is 9.02. The molecule has 1 aromatic heterocycles. The highest BCUT2D eigenvalue weighted by Crippen LogP contribution is 2.14. The first-order valence-corrected chi connectivity index (χ1v) is 8.75. The quantitative estimate of drug-likeness (QED) is 0.635. The van der Waals surface area contributed by atoms with Gasteiger partial charge in [0.05, 0.1) is 5.69 Å². The molecule has 0 bridgehead atoms. The van der Waals surface area contributed by atoms with E-state index in [1.165, 1.54) is 5.56 Å². The fourth-order valence-electron chi connectivity index (χ4n) is 2.46. The molecule has 0 unspecified atom stereocenters. The zero-order valence-electron chi connectivity index (χ0n) is 14.2. The molecule has 0 aliphatic heterocycles. The minimum Gasteiger partial charge on any atom is -0.487 e. The van der Waals surface area contributed by atoms with Crippen LogP contribution in [-0.4, -0.2) is 17.4 Å². The van der Waals surface area contributed by atoms with Crippen molar-refractivity contribution in [3.05, 3.63) is 94.8 Å². The Morgan fingerprint density at radius 3 is 2.46 bits per heavy atom. The van der Waals surface area contributed by atoms with E-state index in [9.17, 15) is 4.79 Å². The lowest BCUT2D eigenvalue weighted by atomic mass is 10.1. The average molecular weight is 367 g/mol. The summed E-state index contributed by atoms with van der Waals surface area (Å²) in [6.07, 6.45) is 0.806. The fourth-order valence-corrected chi connectivity index (χ4v) is 2.64. The Kier molecular flexibility index (Phi) is 6.23. The summed E-state index contributed by atoms with van der Waals surface area (Å²) >= 11 is 5.85. The number of pyridine rings is 1. The summed E-state index contributed by atoms with van der Waals surface area (Å²) in [5, 5.41) is 3.37. The molecule has 0 saturated heterocycles. The lowest BCUT2D eigenvalue weighted by molar-refractivity contribution is 0.0954. The number of aromatic nitrogens is 1. The minimum atomic E-state index is -0.0935. The van der Waals surface area contributed by atoms with Gasteiger partial charge in [-0.3, -0.25) is 4.79 Å². The van der Waals surface area contributed by atoms with Gasteiger partial charge in [-0.1, -0.05) is 48.0 Å². The van der Waals surface area contributed by atoms with Crippen LogP contribution in [0.2, 0.25) is 5.15 Å². The van der Waals surface area contributed by atoms with Crippen molar-refractivity contribution in [2.45, 2.75) is 13.0 Å². The third-order valence-corrected chi connectivity index (χ3v) is 4.03. The van der Waals surface area contributed by atoms with Crippen LogP contribution in [0.3, 0.4) is 0 Å². The molecule has 3 aromatic rings. The standard InChI is InChI=1S/C21H19ClN2O2/c22-20-8-4-7-18(24-20)15-26-19-11-9-17(10-12-19)21(25)23-14-13-16-5-2-1-3-6-16/h1-12H,13-15H2,(H,23,25). The van der Waals surface area contributed by atoms with Crippen molar-refractivity contribution in [1.82, 2.24) is 10.3 Å². The molecule has 3 rings (SSSR count). The number of benzene rings is 2. The average Bonchev–Trinajstić information content (AvgIpc) is 2.68. The van der Waals surface area contributed by atoms with Gasteiger partial charge in [0.15, 0.2) is 0 Å². The van der Waals surface area contributed by atoms with Crippen molar-refractivity contribution < 1.29 is 9.53 Å². The molecule has 26 heavy (non-hydrogen) atoms. The first-order valence-electron chi connectivity index (χ1n) is 8.37. The highest BCUT2D eigenvalue weighted by atomic mass is 35.5. The zero-order valence-corrected chi connectivity index (χ0v) is 14.9. The fraction of sp³-hybridized carbons (Fsp3) is 0.143. The molecule has 1 amide bonds. The van der Waals surface area contributed by atoms with Crippen LogP contribution in [-0.2, 0) is 13.0 Å². The Hall–Kier alpha value is -2.85. The van der Waals surface area contributed by atoms with Gasteiger partial charge >= 0.3 is 0 Å². The van der Waals surface area contributed by atoms with Crippen molar-refractivity contribution >= 4 is 17.5 Å². The molecule has 0 atom stereocenters. The van der Waals surface area contributed by atoms with Gasteiger partial charge in [-0.2, -0.15) is 0 Å². The summed E-state index contributed by atoms with van der Waals surface area (Å²) < 4.78 is 5.67. The number of carbonyl (C=O) groups is 1. The Balaban J connectivity index is 1.48. The van der Waals surface area contributed by atoms with Gasteiger partial charge in [-0.15, -0.1) is 0 Å². The van der Waals surface area contributed by atoms with Crippen molar-refractivity contribution in [2.24, 2.45) is 0 Å². The van der Waals surface area contributed by atoms with Crippen molar-refractivity contribution in [3.8, 4) is 5.75 Å². The molecule has 0 aliphatic rings. The van der Waals surface area contributed by atoms with E-state index in [1.807, 2.05) is 42.5 Å². The molecule has 1 heterocycles. The van der Waals surface area contributed by atoms with Gasteiger partial charge < -0.3 is 10.1 Å². The highest BCUT2D eigenvalue weighted by Gasteiger charge is 2.05. The summed E-state index contributed by atoms with van der Waals surface area (Å²) in [7, 11) is 0. The molecule has 0 fully saturated rings. The van der Waals surface area contributed by atoms with Gasteiger partial charge in [-0.05, 0) is 48.4 Å². The maximum absolute atomic E-state index is 12.2. The van der Waals surface area contributed by atoms with Crippen LogP contribution in [0.4, 0.5) is 0 Å². The third kappa shape index (κ3) is 5.33. The minimum absolute atomic E-state index is 0.0935. The maximum Gasteiger partial charge on any atom is 0.251 e. The predicted octanol–water partition coefficient (Wildman–Crippen LogP) is 4.29. The monoisotopic (exact) mass is 366 g/mol. The smallest absolute Gasteiger partial charge is 0.251 e. The molecule has 5 heteroatoms. The Bertz CT molecular complexity index is 851. The Morgan fingerprint density at radius 1 is 0.962 bits per heavy atom. The third-order valence-electron chi connectivity index (χ3n) is 3.82. The van der Waals surface area contributed by atoms with E-state index in [0.29, 0.717) is 29.6 Å². The number of amides is 1. The Labute approximate surface area is 157 Å². The SMILES string of the molecule is O=C(NCCc1ccccc1)c1ccc(OCc2cccc(Cl)n2)cc1. The van der Waals surface area contributed by atoms with Crippen LogP contribution in [0.25, 0.3) is 0 Å². The summed E-state index contributed by atoms with van der Waals surface area (Å²) in [5.41, 5.74) is 2.55. The van der Waals surface area contributed by atoms with E-state index >= 15 is 0 Å². The van der Waals surface area contributed by atoms with Crippen molar-refractivity contribution in [2.75, 3.05) is 6.54 Å². The van der Waals surface area contributed by atoms with Crippen LogP contribution in [0, 0.1) is 0 Å². The number of ether oxygens (including phenoxy) is 1. The summed E-state index contributed by atoms with van der Waals surface area (Å²) in [6.45, 7) is 0.921. The topological polar surface area (TPSA) is 51.2 Å². The van der Waals surface area contributed by atoms with Crippen LogP contribution in [0.15, 0.2) is 72.8 Å². The first kappa shape index (κ1) is 18.0. The largest absolute Gasteiger partial charge is 0.487 e. The van der Waals surface area contributed by atoms with E-state index in [4.69, 9.17) is 16.3 Å². The Morgan fingerprint density at radius 2 is 1.73 bits per heavy atom. The molecular weight excluding hydrogens is 348 g/mol. The van der Waals surface area contributed by atoms with Crippen LogP contribution in [0.1, 0.15) is 21.6 Å². The number of hydrogen-bond acceptors (Lipinski definition) is 3. The molecule has 2 aromatic carbocycles. The van der Waals surface area contributed by atoms with E-state index < -0.39 is 0 Å². The molecule has 4 nitrogen and oxygen atoms in total. The molecule has 1 N–H and O–H groups in total. The lowest BCUT2D eigenvalue weighted by Gasteiger charge is -2.08. The number of halogens is 1. The first-order chi connectivity index (χ1) is 12.7. The van der Waals surface area contributed by atoms with Crippen molar-refractivity contribution in [3.63, 3.8) is 0 Å². The summed E-state index contributed by atoms with van der Waals surface area (Å²) in [6, 6.07) is 22.5. The lowest BCUT2D eigenvalue weighted by Crippen LogP contribution is -2.25. The number of nitrogens with zero attached hydrogens (tertiary/aromatic N) is 1. The molecule has 132 valence electrons. The van der Waals surface area contributed by atoms with Crippen LogP contribution in [0.5, 0.6) is 5.75 Å². The predicted molar refractivity (Wildman–Crippen MR) is 103 cm³/mol. The van der Waals surface area contributed by atoms with E-state index in [-0.39, 0.29) is 5.91 Å². The second-order valence-electron chi connectivity index (χ2n) is 5.76. The number of carbonyl (C=O) groups excluding carboxylic acids is 1. The van der Waals surface area contributed by atoms with Gasteiger partial charge in [-0.25, -0.2) is 4.98 Å². The number of hydrogen-bond donors (Lipinski definition) is 1. The summed E-state index contributed by atoms with van der Waals surface area (Å²) in [5.74, 6) is 0.580. The van der Waals surface area contributed by atoms with E-state index in [1.54, 1.807) is 30.3 Å². The van der Waals surface area contributed by atoms with Gasteiger partial charge in [0.1, 0.15) is 17.5 Å². The van der Waals surface area contributed by atoms with Gasteiger partial charge in [0.25, 0.3) is 5.91 Å². The zero-order chi connectivity index (χ0) is 18.2. The molecule has 0 saturated carbocycles. The van der Waals surface area contributed by atoms with E-state index in [2.05, 4.69) is 10.3 Å². The van der Waals surface area contributed by atoms with Crippen LogP contribution >= 0.6 is 11.6 Å².